The van der Waals surface area contributed by atoms with Crippen LogP contribution in [0.5, 0.6) is 0 Å². The number of benzene rings is 1. The Morgan fingerprint density at radius 2 is 1.96 bits per heavy atom. The second-order valence-corrected chi connectivity index (χ2v) is 5.09. The Morgan fingerprint density at radius 1 is 1.13 bits per heavy atom. The summed E-state index contributed by atoms with van der Waals surface area (Å²) in [6, 6.07) is 7.03. The van der Waals surface area contributed by atoms with Crippen LogP contribution in [0.3, 0.4) is 0 Å². The summed E-state index contributed by atoms with van der Waals surface area (Å²) in [5.74, 6) is -0.149. The molecule has 0 saturated carbocycles. The number of carbonyl (C=O) groups excluding carboxylic acids is 1. The molecule has 7 heteroatoms. The first-order chi connectivity index (χ1) is 11.3. The maximum atomic E-state index is 12.8. The van der Waals surface area contributed by atoms with E-state index in [0.29, 0.717) is 40.5 Å². The monoisotopic (exact) mass is 305 g/mol. The number of hydrogen-bond acceptors (Lipinski definition) is 6. The van der Waals surface area contributed by atoms with Crippen molar-refractivity contribution in [2.24, 2.45) is 5.16 Å². The number of nitrogens with zero attached hydrogens (tertiary/aromatic N) is 5. The molecular weight excluding hydrogens is 294 g/mol. The molecule has 0 saturated heterocycles. The van der Waals surface area contributed by atoms with Gasteiger partial charge in [0, 0.05) is 23.5 Å². The van der Waals surface area contributed by atoms with Crippen LogP contribution in [0.1, 0.15) is 33.0 Å². The van der Waals surface area contributed by atoms with Crippen molar-refractivity contribution in [2.45, 2.75) is 6.54 Å². The Kier molecular flexibility index (Phi) is 2.97. The quantitative estimate of drug-likeness (QED) is 0.447. The number of fused-ring (bicyclic) bond motifs is 2. The fourth-order valence-electron chi connectivity index (χ4n) is 2.74. The fraction of sp³-hybridized carbons (Fsp3) is 0.0625. The van der Waals surface area contributed by atoms with Crippen LogP contribution in [0.25, 0.3) is 0 Å². The van der Waals surface area contributed by atoms with Crippen LogP contribution in [0.4, 0.5) is 0 Å². The Labute approximate surface area is 131 Å². The summed E-state index contributed by atoms with van der Waals surface area (Å²) in [6.07, 6.45) is 6.37. The number of carbonyl (C=O) groups is 1. The summed E-state index contributed by atoms with van der Waals surface area (Å²) < 4.78 is 1.70. The highest BCUT2D eigenvalue weighted by Gasteiger charge is 2.32. The molecule has 1 aliphatic rings. The minimum atomic E-state index is -0.149. The van der Waals surface area contributed by atoms with Crippen LogP contribution >= 0.6 is 0 Å². The number of hydrogen-bond donors (Lipinski definition) is 1. The molecule has 23 heavy (non-hydrogen) atoms. The van der Waals surface area contributed by atoms with Crippen LogP contribution in [0, 0.1) is 0 Å². The summed E-state index contributed by atoms with van der Waals surface area (Å²) >= 11 is 0. The molecule has 1 aliphatic carbocycles. The Bertz CT molecular complexity index is 931. The van der Waals surface area contributed by atoms with E-state index in [4.69, 9.17) is 0 Å². The molecule has 0 radical (unpaired) electrons. The summed E-state index contributed by atoms with van der Waals surface area (Å²) in [7, 11) is 0. The molecule has 0 aliphatic heterocycles. The molecule has 0 bridgehead atoms. The highest BCUT2D eigenvalue weighted by Crippen LogP contribution is 2.27. The second-order valence-electron chi connectivity index (χ2n) is 5.09. The number of oxime groups is 1. The van der Waals surface area contributed by atoms with E-state index in [1.54, 1.807) is 53.8 Å². The van der Waals surface area contributed by atoms with Crippen LogP contribution in [0.15, 0.2) is 54.3 Å². The van der Waals surface area contributed by atoms with Crippen LogP contribution in [-0.2, 0) is 6.54 Å². The second kappa shape index (κ2) is 5.13. The highest BCUT2D eigenvalue weighted by molar-refractivity contribution is 6.28. The molecular formula is C16H11N5O2. The van der Waals surface area contributed by atoms with Crippen LogP contribution in [0.2, 0.25) is 0 Å². The average Bonchev–Trinajstić information content (AvgIpc) is 3.00. The lowest BCUT2D eigenvalue weighted by atomic mass is 9.89. The van der Waals surface area contributed by atoms with E-state index < -0.39 is 0 Å². The van der Waals surface area contributed by atoms with Gasteiger partial charge in [0.2, 0.25) is 5.78 Å². The lowest BCUT2D eigenvalue weighted by molar-refractivity contribution is 0.102. The average molecular weight is 305 g/mol. The first kappa shape index (κ1) is 13.3. The van der Waals surface area contributed by atoms with Gasteiger partial charge < -0.3 is 9.77 Å². The number of aromatic nitrogens is 4. The smallest absolute Gasteiger partial charge is 0.212 e. The van der Waals surface area contributed by atoms with Gasteiger partial charge >= 0.3 is 0 Å². The lowest BCUT2D eigenvalue weighted by Gasteiger charge is -2.17. The molecule has 3 aromatic rings. The van der Waals surface area contributed by atoms with Crippen molar-refractivity contribution in [3.8, 4) is 0 Å². The van der Waals surface area contributed by atoms with Gasteiger partial charge in [-0.1, -0.05) is 29.4 Å². The van der Waals surface area contributed by atoms with E-state index in [1.807, 2.05) is 0 Å². The minimum Gasteiger partial charge on any atom is -0.410 e. The number of ketones is 1. The maximum Gasteiger partial charge on any atom is 0.212 e. The third-order valence-corrected chi connectivity index (χ3v) is 3.75. The topological polar surface area (TPSA) is 93.3 Å². The zero-order chi connectivity index (χ0) is 15.8. The summed E-state index contributed by atoms with van der Waals surface area (Å²) in [6.45, 7) is 0.364. The van der Waals surface area contributed by atoms with E-state index >= 15 is 0 Å². The molecule has 1 N–H and O–H groups in total. The molecule has 7 nitrogen and oxygen atoms in total. The van der Waals surface area contributed by atoms with Gasteiger partial charge in [0.05, 0.1) is 24.8 Å². The largest absolute Gasteiger partial charge is 0.410 e. The van der Waals surface area contributed by atoms with Gasteiger partial charge in [-0.05, 0) is 0 Å². The third-order valence-electron chi connectivity index (χ3n) is 3.75. The minimum absolute atomic E-state index is 0.149. The Hall–Kier alpha value is -3.35. The molecule has 0 fully saturated rings. The zero-order valence-electron chi connectivity index (χ0n) is 11.9. The standard InChI is InChI=1S/C16H11N5O2/c22-16-12-4-2-1-3-11(12)13(20-23)14-15(16)21(9-19-14)8-10-7-17-5-6-18-10/h1-7,9,23H,8H2. The van der Waals surface area contributed by atoms with Crippen LogP contribution in [-0.4, -0.2) is 36.2 Å². The first-order valence-electron chi connectivity index (χ1n) is 6.96. The molecule has 2 heterocycles. The SMILES string of the molecule is O=C1c2ccccc2C(=NO)c2ncn(Cc3cnccn3)c21. The van der Waals surface area contributed by atoms with Gasteiger partial charge in [0.1, 0.15) is 17.1 Å². The summed E-state index contributed by atoms with van der Waals surface area (Å²) in [5, 5.41) is 12.7. The van der Waals surface area contributed by atoms with Crippen LogP contribution < -0.4 is 0 Å². The molecule has 0 spiro atoms. The summed E-state index contributed by atoms with van der Waals surface area (Å²) in [5.41, 5.74) is 2.85. The van der Waals surface area contributed by atoms with Gasteiger partial charge in [0.15, 0.2) is 0 Å². The van der Waals surface area contributed by atoms with E-state index in [-0.39, 0.29) is 5.78 Å². The lowest BCUT2D eigenvalue weighted by Crippen LogP contribution is -2.24. The molecule has 0 unspecified atom stereocenters. The van der Waals surface area contributed by atoms with Gasteiger partial charge in [-0.25, -0.2) is 4.98 Å². The van der Waals surface area contributed by atoms with Crippen molar-refractivity contribution < 1.29 is 10.0 Å². The van der Waals surface area contributed by atoms with E-state index in [0.717, 1.165) is 0 Å². The molecule has 0 atom stereocenters. The van der Waals surface area contributed by atoms with Crippen molar-refractivity contribution in [3.63, 3.8) is 0 Å². The van der Waals surface area contributed by atoms with E-state index in [9.17, 15) is 10.0 Å². The predicted molar refractivity (Wildman–Crippen MR) is 80.7 cm³/mol. The Balaban J connectivity index is 1.86. The van der Waals surface area contributed by atoms with Crippen molar-refractivity contribution in [1.82, 2.24) is 19.5 Å². The van der Waals surface area contributed by atoms with Gasteiger partial charge in [0.25, 0.3) is 0 Å². The van der Waals surface area contributed by atoms with Gasteiger partial charge in [-0.3, -0.25) is 14.8 Å². The first-order valence-corrected chi connectivity index (χ1v) is 6.96. The Morgan fingerprint density at radius 3 is 2.70 bits per heavy atom. The van der Waals surface area contributed by atoms with Gasteiger partial charge in [-0.2, -0.15) is 0 Å². The molecule has 2 aromatic heterocycles. The van der Waals surface area contributed by atoms with Crippen molar-refractivity contribution in [2.75, 3.05) is 0 Å². The maximum absolute atomic E-state index is 12.8. The fourth-order valence-corrected chi connectivity index (χ4v) is 2.74. The van der Waals surface area contributed by atoms with Crippen molar-refractivity contribution in [1.29, 1.82) is 0 Å². The van der Waals surface area contributed by atoms with Crippen molar-refractivity contribution in [3.05, 3.63) is 77.4 Å². The highest BCUT2D eigenvalue weighted by atomic mass is 16.4. The summed E-state index contributed by atoms with van der Waals surface area (Å²) in [4.78, 5) is 25.3. The molecule has 112 valence electrons. The van der Waals surface area contributed by atoms with Crippen molar-refractivity contribution >= 4 is 11.5 Å². The molecule has 0 amide bonds. The van der Waals surface area contributed by atoms with E-state index in [1.165, 1.54) is 0 Å². The third kappa shape index (κ3) is 2.02. The number of rotatable bonds is 2. The van der Waals surface area contributed by atoms with E-state index in [2.05, 4.69) is 20.1 Å². The number of imidazole rings is 1. The van der Waals surface area contributed by atoms with Gasteiger partial charge in [-0.15, -0.1) is 0 Å². The molecule has 1 aromatic carbocycles. The predicted octanol–water partition coefficient (Wildman–Crippen LogP) is 1.49. The zero-order valence-corrected chi connectivity index (χ0v) is 11.9. The normalized spacial score (nSPS) is 14.6. The molecule has 4 rings (SSSR count).